The van der Waals surface area contributed by atoms with Gasteiger partial charge in [-0.1, -0.05) is 32.0 Å². The number of aromatic nitrogens is 1. The Balaban J connectivity index is 1.69. The van der Waals surface area contributed by atoms with E-state index in [0.29, 0.717) is 25.8 Å². The lowest BCUT2D eigenvalue weighted by molar-refractivity contribution is -0.128. The third-order valence-electron chi connectivity index (χ3n) is 6.15. The van der Waals surface area contributed by atoms with Crippen LogP contribution in [0.15, 0.2) is 42.6 Å². The van der Waals surface area contributed by atoms with Gasteiger partial charge in [-0.15, -0.1) is 0 Å². The van der Waals surface area contributed by atoms with Gasteiger partial charge in [0.25, 0.3) is 0 Å². The number of hydrogen-bond acceptors (Lipinski definition) is 5. The van der Waals surface area contributed by atoms with E-state index in [1.807, 2.05) is 50.2 Å². The Morgan fingerprint density at radius 1 is 1.21 bits per heavy atom. The van der Waals surface area contributed by atoms with Gasteiger partial charge in [0.1, 0.15) is 6.04 Å². The standard InChI is InChI=1S/C25H31N5O3/c1-16(2)13-19(26)24(32)28-20-14-17-7-5-9-21(29-12-6-10-22(29)31)23(17)30(25(20)33)15-18-8-3-4-11-27-18/h3-5,7-9,11,16,19-20H,6,10,12-15,26H2,1-2H3,(H,28,32)/t19-,20?/m1/s1. The number of carbonyl (C=O) groups is 3. The molecule has 174 valence electrons. The first-order chi connectivity index (χ1) is 15.8. The van der Waals surface area contributed by atoms with Crippen LogP contribution in [-0.2, 0) is 27.3 Å². The van der Waals surface area contributed by atoms with Crippen molar-refractivity contribution >= 4 is 29.1 Å². The van der Waals surface area contributed by atoms with E-state index in [0.717, 1.165) is 29.1 Å². The highest BCUT2D eigenvalue weighted by molar-refractivity contribution is 6.08. The normalized spacial score (nSPS) is 19.1. The van der Waals surface area contributed by atoms with Crippen LogP contribution in [0.4, 0.5) is 11.4 Å². The largest absolute Gasteiger partial charge is 0.343 e. The lowest BCUT2D eigenvalue weighted by atomic mass is 9.94. The van der Waals surface area contributed by atoms with Gasteiger partial charge in [-0.2, -0.15) is 0 Å². The Kier molecular flexibility index (Phi) is 6.74. The fourth-order valence-corrected chi connectivity index (χ4v) is 4.60. The van der Waals surface area contributed by atoms with Crippen LogP contribution < -0.4 is 20.9 Å². The molecule has 2 atom stereocenters. The average Bonchev–Trinajstić information content (AvgIpc) is 3.22. The number of para-hydroxylation sites is 1. The number of rotatable bonds is 7. The predicted molar refractivity (Wildman–Crippen MR) is 127 cm³/mol. The van der Waals surface area contributed by atoms with Gasteiger partial charge in [0, 0.05) is 25.6 Å². The molecule has 1 aromatic carbocycles. The molecule has 3 amide bonds. The number of nitrogens with two attached hydrogens (primary N) is 1. The summed E-state index contributed by atoms with van der Waals surface area (Å²) in [6, 6.07) is 9.90. The van der Waals surface area contributed by atoms with Gasteiger partial charge in [-0.25, -0.2) is 0 Å². The number of benzene rings is 1. The molecule has 0 bridgehead atoms. The average molecular weight is 450 g/mol. The van der Waals surface area contributed by atoms with Crippen molar-refractivity contribution in [3.63, 3.8) is 0 Å². The maximum atomic E-state index is 13.7. The quantitative estimate of drug-likeness (QED) is 0.673. The summed E-state index contributed by atoms with van der Waals surface area (Å²) < 4.78 is 0. The second-order valence-corrected chi connectivity index (χ2v) is 9.18. The van der Waals surface area contributed by atoms with E-state index in [4.69, 9.17) is 5.73 Å². The second-order valence-electron chi connectivity index (χ2n) is 9.18. The van der Waals surface area contributed by atoms with Crippen LogP contribution in [0, 0.1) is 5.92 Å². The minimum atomic E-state index is -0.726. The fraction of sp³-hybridized carbons (Fsp3) is 0.440. The summed E-state index contributed by atoms with van der Waals surface area (Å²) in [4.78, 5) is 46.7. The van der Waals surface area contributed by atoms with Crippen LogP contribution in [0.5, 0.6) is 0 Å². The van der Waals surface area contributed by atoms with E-state index < -0.39 is 12.1 Å². The van der Waals surface area contributed by atoms with Crippen LogP contribution >= 0.6 is 0 Å². The van der Waals surface area contributed by atoms with Crippen LogP contribution in [0.1, 0.15) is 44.4 Å². The summed E-state index contributed by atoms with van der Waals surface area (Å²) in [6.07, 6.45) is 3.88. The maximum Gasteiger partial charge on any atom is 0.250 e. The second kappa shape index (κ2) is 9.70. The van der Waals surface area contributed by atoms with Crippen molar-refractivity contribution in [3.8, 4) is 0 Å². The number of hydrogen-bond donors (Lipinski definition) is 2. The molecule has 2 aliphatic rings. The summed E-state index contributed by atoms with van der Waals surface area (Å²) in [7, 11) is 0. The molecule has 1 saturated heterocycles. The summed E-state index contributed by atoms with van der Waals surface area (Å²) >= 11 is 0. The first kappa shape index (κ1) is 22.9. The van der Waals surface area contributed by atoms with Gasteiger partial charge in [0.05, 0.1) is 29.7 Å². The van der Waals surface area contributed by atoms with E-state index in [1.54, 1.807) is 16.0 Å². The Morgan fingerprint density at radius 3 is 2.70 bits per heavy atom. The van der Waals surface area contributed by atoms with Crippen LogP contribution in [-0.4, -0.2) is 41.3 Å². The SMILES string of the molecule is CC(C)C[C@@H](N)C(=O)NC1Cc2cccc(N3CCCC3=O)c2N(Cc2ccccn2)C1=O. The molecule has 0 radical (unpaired) electrons. The van der Waals surface area contributed by atoms with Gasteiger partial charge in [0.2, 0.25) is 17.7 Å². The third-order valence-corrected chi connectivity index (χ3v) is 6.15. The molecule has 8 heteroatoms. The van der Waals surface area contributed by atoms with Crippen LogP contribution in [0.25, 0.3) is 0 Å². The van der Waals surface area contributed by atoms with Crippen LogP contribution in [0.2, 0.25) is 0 Å². The smallest absolute Gasteiger partial charge is 0.250 e. The summed E-state index contributed by atoms with van der Waals surface area (Å²) in [5, 5.41) is 2.87. The van der Waals surface area contributed by atoms with Crippen molar-refractivity contribution in [3.05, 3.63) is 53.9 Å². The van der Waals surface area contributed by atoms with E-state index in [9.17, 15) is 14.4 Å². The Morgan fingerprint density at radius 2 is 2.03 bits per heavy atom. The highest BCUT2D eigenvalue weighted by Crippen LogP contribution is 2.39. The Bertz CT molecular complexity index is 1040. The molecule has 2 aliphatic heterocycles. The summed E-state index contributed by atoms with van der Waals surface area (Å²) in [5.41, 5.74) is 9.16. The molecule has 0 spiro atoms. The zero-order chi connectivity index (χ0) is 23.5. The summed E-state index contributed by atoms with van der Waals surface area (Å²) in [5.74, 6) is -0.218. The zero-order valence-electron chi connectivity index (χ0n) is 19.2. The molecule has 3 N–H and O–H groups in total. The molecule has 3 heterocycles. The van der Waals surface area contributed by atoms with Crippen molar-refractivity contribution in [2.24, 2.45) is 11.7 Å². The predicted octanol–water partition coefficient (Wildman–Crippen LogP) is 2.16. The number of carbonyl (C=O) groups excluding carboxylic acids is 3. The van der Waals surface area contributed by atoms with Gasteiger partial charge in [-0.3, -0.25) is 19.4 Å². The molecule has 4 rings (SSSR count). The molecular weight excluding hydrogens is 418 g/mol. The lowest BCUT2D eigenvalue weighted by Crippen LogP contribution is -2.56. The number of nitrogens with zero attached hydrogens (tertiary/aromatic N) is 3. The number of amides is 3. The molecule has 1 unspecified atom stereocenters. The van der Waals surface area contributed by atoms with E-state index in [1.165, 1.54) is 0 Å². The third kappa shape index (κ3) is 4.90. The van der Waals surface area contributed by atoms with E-state index in [2.05, 4.69) is 10.3 Å². The number of nitrogens with one attached hydrogen (secondary N) is 1. The topological polar surface area (TPSA) is 109 Å². The first-order valence-electron chi connectivity index (χ1n) is 11.5. The zero-order valence-corrected chi connectivity index (χ0v) is 19.2. The van der Waals surface area contributed by atoms with Crippen molar-refractivity contribution in [2.45, 2.75) is 58.2 Å². The van der Waals surface area contributed by atoms with Gasteiger partial charge in [0.15, 0.2) is 0 Å². The first-order valence-corrected chi connectivity index (χ1v) is 11.5. The van der Waals surface area contributed by atoms with Crippen molar-refractivity contribution < 1.29 is 14.4 Å². The molecular formula is C25H31N5O3. The monoisotopic (exact) mass is 449 g/mol. The minimum absolute atomic E-state index is 0.0590. The van der Waals surface area contributed by atoms with Crippen molar-refractivity contribution in [1.82, 2.24) is 10.3 Å². The molecule has 1 fully saturated rings. The number of fused-ring (bicyclic) bond motifs is 1. The van der Waals surface area contributed by atoms with Gasteiger partial charge < -0.3 is 20.9 Å². The van der Waals surface area contributed by atoms with Gasteiger partial charge >= 0.3 is 0 Å². The maximum absolute atomic E-state index is 13.7. The Hall–Kier alpha value is -3.26. The Labute approximate surface area is 194 Å². The molecule has 33 heavy (non-hydrogen) atoms. The minimum Gasteiger partial charge on any atom is -0.343 e. The summed E-state index contributed by atoms with van der Waals surface area (Å²) in [6.45, 7) is 4.89. The molecule has 0 aliphatic carbocycles. The van der Waals surface area contributed by atoms with E-state index in [-0.39, 0.29) is 30.2 Å². The lowest BCUT2D eigenvalue weighted by Gasteiger charge is -2.37. The fourth-order valence-electron chi connectivity index (χ4n) is 4.60. The highest BCUT2D eigenvalue weighted by atomic mass is 16.2. The van der Waals surface area contributed by atoms with Crippen molar-refractivity contribution in [1.29, 1.82) is 0 Å². The molecule has 1 aromatic heterocycles. The number of pyridine rings is 1. The molecule has 0 saturated carbocycles. The molecule has 2 aromatic rings. The number of anilines is 2. The van der Waals surface area contributed by atoms with Crippen LogP contribution in [0.3, 0.4) is 0 Å². The highest BCUT2D eigenvalue weighted by Gasteiger charge is 2.38. The van der Waals surface area contributed by atoms with E-state index >= 15 is 0 Å². The van der Waals surface area contributed by atoms with Gasteiger partial charge in [-0.05, 0) is 42.5 Å². The van der Waals surface area contributed by atoms with Crippen molar-refractivity contribution in [2.75, 3.05) is 16.3 Å². The molecule has 8 nitrogen and oxygen atoms in total.